The molecule has 0 bridgehead atoms. The van der Waals surface area contributed by atoms with E-state index in [0.29, 0.717) is 11.3 Å². The Morgan fingerprint density at radius 1 is 1.53 bits per heavy atom. The van der Waals surface area contributed by atoms with Gasteiger partial charge in [-0.05, 0) is 18.2 Å². The van der Waals surface area contributed by atoms with Crippen molar-refractivity contribution in [3.05, 3.63) is 47.6 Å². The zero-order chi connectivity index (χ0) is 13.7. The summed E-state index contributed by atoms with van der Waals surface area (Å²) < 4.78 is 18.1. The number of nitrogens with zero attached hydrogens (tertiary/aromatic N) is 1. The fourth-order valence-corrected chi connectivity index (χ4v) is 1.38. The van der Waals surface area contributed by atoms with Crippen molar-refractivity contribution in [2.24, 2.45) is 0 Å². The van der Waals surface area contributed by atoms with Crippen molar-refractivity contribution in [3.8, 4) is 11.8 Å². The molecule has 0 radical (unpaired) electrons. The first-order chi connectivity index (χ1) is 9.20. The lowest BCUT2D eigenvalue weighted by molar-refractivity contribution is 0.102. The SMILES string of the molecule is O=C(Nc1cnoc1)c1cc(C#CCO)ccc1F. The van der Waals surface area contributed by atoms with Gasteiger partial charge < -0.3 is 14.9 Å². The minimum atomic E-state index is -0.663. The standard InChI is InChI=1S/C13H9FN2O3/c14-12-4-3-9(2-1-5-17)6-11(12)13(18)16-10-7-15-19-8-10/h3-4,6-8,17H,5H2,(H,16,18). The predicted molar refractivity (Wildman–Crippen MR) is 64.8 cm³/mol. The molecule has 1 amide bonds. The number of halogens is 1. The summed E-state index contributed by atoms with van der Waals surface area (Å²) in [4.78, 5) is 11.8. The Labute approximate surface area is 108 Å². The fraction of sp³-hybridized carbons (Fsp3) is 0.0769. The molecule has 0 aliphatic carbocycles. The first-order valence-electron chi connectivity index (χ1n) is 5.30. The second-order valence-electron chi connectivity index (χ2n) is 3.52. The summed E-state index contributed by atoms with van der Waals surface area (Å²) in [6, 6.07) is 3.87. The smallest absolute Gasteiger partial charge is 0.258 e. The number of hydrogen-bond acceptors (Lipinski definition) is 4. The fourth-order valence-electron chi connectivity index (χ4n) is 1.38. The maximum Gasteiger partial charge on any atom is 0.258 e. The summed E-state index contributed by atoms with van der Waals surface area (Å²) in [5, 5.41) is 14.4. The highest BCUT2D eigenvalue weighted by Crippen LogP contribution is 2.13. The lowest BCUT2D eigenvalue weighted by Crippen LogP contribution is -2.13. The van der Waals surface area contributed by atoms with Crippen LogP contribution in [0.2, 0.25) is 0 Å². The Balaban J connectivity index is 2.25. The largest absolute Gasteiger partial charge is 0.384 e. The average Bonchev–Trinajstić information content (AvgIpc) is 2.90. The molecule has 1 heterocycles. The highest BCUT2D eigenvalue weighted by Gasteiger charge is 2.13. The van der Waals surface area contributed by atoms with Crippen molar-refractivity contribution < 1.29 is 18.8 Å². The zero-order valence-corrected chi connectivity index (χ0v) is 9.68. The zero-order valence-electron chi connectivity index (χ0n) is 9.68. The molecule has 2 aromatic rings. The summed E-state index contributed by atoms with van der Waals surface area (Å²) in [7, 11) is 0. The van der Waals surface area contributed by atoms with Gasteiger partial charge in [0.05, 0.1) is 11.8 Å². The molecule has 1 aromatic carbocycles. The van der Waals surface area contributed by atoms with Crippen LogP contribution in [0.3, 0.4) is 0 Å². The van der Waals surface area contributed by atoms with Crippen molar-refractivity contribution in [1.29, 1.82) is 0 Å². The Kier molecular flexibility index (Phi) is 3.90. The summed E-state index contributed by atoms with van der Waals surface area (Å²) in [6.07, 6.45) is 2.52. The third-order valence-corrected chi connectivity index (χ3v) is 2.21. The minimum Gasteiger partial charge on any atom is -0.384 e. The van der Waals surface area contributed by atoms with Gasteiger partial charge in [-0.1, -0.05) is 17.0 Å². The highest BCUT2D eigenvalue weighted by atomic mass is 19.1. The van der Waals surface area contributed by atoms with Crippen molar-refractivity contribution in [2.75, 3.05) is 11.9 Å². The Morgan fingerprint density at radius 2 is 2.37 bits per heavy atom. The number of carbonyl (C=O) groups excluding carboxylic acids is 1. The molecular formula is C13H9FN2O3. The maximum absolute atomic E-state index is 13.6. The number of aromatic nitrogens is 1. The maximum atomic E-state index is 13.6. The van der Waals surface area contributed by atoms with Gasteiger partial charge >= 0.3 is 0 Å². The number of rotatable bonds is 2. The second kappa shape index (κ2) is 5.80. The first kappa shape index (κ1) is 12.8. The summed E-state index contributed by atoms with van der Waals surface area (Å²) >= 11 is 0. The summed E-state index contributed by atoms with van der Waals surface area (Å²) in [5.41, 5.74) is 0.619. The van der Waals surface area contributed by atoms with Crippen LogP contribution in [0, 0.1) is 17.7 Å². The lowest BCUT2D eigenvalue weighted by atomic mass is 10.1. The molecule has 0 unspecified atom stereocenters. The van der Waals surface area contributed by atoms with E-state index in [1.807, 2.05) is 0 Å². The topological polar surface area (TPSA) is 75.4 Å². The van der Waals surface area contributed by atoms with Crippen molar-refractivity contribution in [2.45, 2.75) is 0 Å². The quantitative estimate of drug-likeness (QED) is 0.800. The Hall–Kier alpha value is -2.65. The first-order valence-corrected chi connectivity index (χ1v) is 5.30. The second-order valence-corrected chi connectivity index (χ2v) is 3.52. The molecule has 0 saturated heterocycles. The van der Waals surface area contributed by atoms with Crippen LogP contribution >= 0.6 is 0 Å². The van der Waals surface area contributed by atoms with E-state index in [0.717, 1.165) is 6.07 Å². The predicted octanol–water partition coefficient (Wildman–Crippen LogP) is 1.41. The number of amides is 1. The van der Waals surface area contributed by atoms with Crippen LogP contribution < -0.4 is 5.32 Å². The van der Waals surface area contributed by atoms with E-state index in [2.05, 4.69) is 26.8 Å². The van der Waals surface area contributed by atoms with Gasteiger partial charge in [0.1, 0.15) is 24.4 Å². The van der Waals surface area contributed by atoms with Crippen molar-refractivity contribution in [3.63, 3.8) is 0 Å². The van der Waals surface area contributed by atoms with Gasteiger partial charge in [-0.15, -0.1) is 0 Å². The molecule has 96 valence electrons. The Morgan fingerprint density at radius 3 is 3.05 bits per heavy atom. The van der Waals surface area contributed by atoms with Gasteiger partial charge in [-0.2, -0.15) is 0 Å². The number of carbonyl (C=O) groups is 1. The third-order valence-electron chi connectivity index (χ3n) is 2.21. The van der Waals surface area contributed by atoms with Gasteiger partial charge in [-0.3, -0.25) is 4.79 Å². The molecule has 0 aliphatic heterocycles. The molecule has 0 atom stereocenters. The Bertz CT molecular complexity index is 642. The van der Waals surface area contributed by atoms with Crippen LogP contribution in [0.4, 0.5) is 10.1 Å². The minimum absolute atomic E-state index is 0.147. The van der Waals surface area contributed by atoms with E-state index < -0.39 is 11.7 Å². The van der Waals surface area contributed by atoms with Crippen LogP contribution in [-0.4, -0.2) is 22.8 Å². The molecule has 2 rings (SSSR count). The van der Waals surface area contributed by atoms with E-state index in [1.165, 1.54) is 24.6 Å². The number of aliphatic hydroxyl groups is 1. The van der Waals surface area contributed by atoms with Gasteiger partial charge in [0.2, 0.25) is 0 Å². The molecule has 6 heteroatoms. The molecule has 0 spiro atoms. The molecule has 19 heavy (non-hydrogen) atoms. The number of benzene rings is 1. The van der Waals surface area contributed by atoms with Crippen LogP contribution in [-0.2, 0) is 0 Å². The van der Waals surface area contributed by atoms with E-state index in [-0.39, 0.29) is 12.2 Å². The van der Waals surface area contributed by atoms with Gasteiger partial charge in [0.15, 0.2) is 0 Å². The molecule has 2 N–H and O–H groups in total. The van der Waals surface area contributed by atoms with Crippen molar-refractivity contribution >= 4 is 11.6 Å². The van der Waals surface area contributed by atoms with Crippen LogP contribution in [0.15, 0.2) is 35.2 Å². The highest BCUT2D eigenvalue weighted by molar-refractivity contribution is 6.04. The molecule has 0 saturated carbocycles. The monoisotopic (exact) mass is 260 g/mol. The third kappa shape index (κ3) is 3.18. The van der Waals surface area contributed by atoms with Crippen LogP contribution in [0.1, 0.15) is 15.9 Å². The normalized spacial score (nSPS) is 9.58. The van der Waals surface area contributed by atoms with Gasteiger partial charge in [-0.25, -0.2) is 4.39 Å². The molecule has 5 nitrogen and oxygen atoms in total. The molecule has 0 aliphatic rings. The number of aliphatic hydroxyl groups excluding tert-OH is 1. The van der Waals surface area contributed by atoms with Crippen LogP contribution in [0.5, 0.6) is 0 Å². The summed E-state index contributed by atoms with van der Waals surface area (Å²) in [6.45, 7) is -0.306. The van der Waals surface area contributed by atoms with E-state index in [4.69, 9.17) is 5.11 Å². The summed E-state index contributed by atoms with van der Waals surface area (Å²) in [5.74, 6) is 3.73. The molecule has 1 aromatic heterocycles. The molecular weight excluding hydrogens is 251 g/mol. The molecule has 0 fully saturated rings. The number of hydrogen-bond donors (Lipinski definition) is 2. The van der Waals surface area contributed by atoms with E-state index in [1.54, 1.807) is 0 Å². The number of anilines is 1. The van der Waals surface area contributed by atoms with Gasteiger partial charge in [0, 0.05) is 5.56 Å². The average molecular weight is 260 g/mol. The van der Waals surface area contributed by atoms with Crippen LogP contribution in [0.25, 0.3) is 0 Å². The number of nitrogens with one attached hydrogen (secondary N) is 1. The van der Waals surface area contributed by atoms with Crippen molar-refractivity contribution in [1.82, 2.24) is 5.16 Å². The van der Waals surface area contributed by atoms with Gasteiger partial charge in [0.25, 0.3) is 5.91 Å². The van der Waals surface area contributed by atoms with E-state index >= 15 is 0 Å². The van der Waals surface area contributed by atoms with E-state index in [9.17, 15) is 9.18 Å². The lowest BCUT2D eigenvalue weighted by Gasteiger charge is -2.03.